The van der Waals surface area contributed by atoms with Gasteiger partial charge in [-0.05, 0) is 25.2 Å². The molecule has 0 bridgehead atoms. The van der Waals surface area contributed by atoms with E-state index in [4.69, 9.17) is 10.5 Å². The van der Waals surface area contributed by atoms with E-state index in [-0.39, 0.29) is 18.4 Å². The molecule has 1 aliphatic rings. The van der Waals surface area contributed by atoms with Gasteiger partial charge in [0.05, 0.1) is 0 Å². The molecule has 0 aliphatic heterocycles. The third-order valence-corrected chi connectivity index (χ3v) is 2.70. The number of ether oxygens (including phenoxy) is 1. The normalized spacial score (nSPS) is 14.7. The van der Waals surface area contributed by atoms with Gasteiger partial charge in [0.1, 0.15) is 12.9 Å². The average Bonchev–Trinajstić information content (AvgIpc) is 3.07. The molecule has 100 valence electrons. The third kappa shape index (κ3) is 4.70. The molecule has 0 radical (unpaired) electrons. The fraction of sp³-hybridized carbons (Fsp3) is 0.727. The predicted molar refractivity (Wildman–Crippen MR) is 65.6 cm³/mol. The summed E-state index contributed by atoms with van der Waals surface area (Å²) in [5.74, 6) is 0.871. The highest BCUT2D eigenvalue weighted by molar-refractivity contribution is 5.75. The maximum absolute atomic E-state index is 11.5. The minimum absolute atomic E-state index is 0.0953. The van der Waals surface area contributed by atoms with Gasteiger partial charge in [0, 0.05) is 19.8 Å². The number of hydrogen-bond acceptors (Lipinski definition) is 5. The van der Waals surface area contributed by atoms with Crippen molar-refractivity contribution >= 4 is 11.9 Å². The van der Waals surface area contributed by atoms with E-state index in [1.807, 2.05) is 0 Å². The lowest BCUT2D eigenvalue weighted by Crippen LogP contribution is -2.29. The van der Waals surface area contributed by atoms with Crippen LogP contribution in [0.2, 0.25) is 0 Å². The monoisotopic (exact) mass is 253 g/mol. The Hall–Kier alpha value is -1.63. The maximum atomic E-state index is 11.5. The van der Waals surface area contributed by atoms with Crippen LogP contribution in [0.5, 0.6) is 0 Å². The van der Waals surface area contributed by atoms with Gasteiger partial charge in [-0.15, -0.1) is 5.10 Å². The van der Waals surface area contributed by atoms with Crippen LogP contribution in [0.15, 0.2) is 6.33 Å². The van der Waals surface area contributed by atoms with Crippen LogP contribution in [0.4, 0.5) is 5.95 Å². The fourth-order valence-corrected chi connectivity index (χ4v) is 1.52. The zero-order valence-corrected chi connectivity index (χ0v) is 10.3. The van der Waals surface area contributed by atoms with Gasteiger partial charge in [-0.1, -0.05) is 0 Å². The van der Waals surface area contributed by atoms with Gasteiger partial charge >= 0.3 is 0 Å². The molecule has 0 saturated heterocycles. The third-order valence-electron chi connectivity index (χ3n) is 2.70. The highest BCUT2D eigenvalue weighted by atomic mass is 16.5. The van der Waals surface area contributed by atoms with Gasteiger partial charge < -0.3 is 15.8 Å². The zero-order chi connectivity index (χ0) is 12.8. The number of hydrogen-bond donors (Lipinski definition) is 2. The van der Waals surface area contributed by atoms with Crippen molar-refractivity contribution in [3.05, 3.63) is 6.33 Å². The number of anilines is 1. The molecule has 1 aromatic heterocycles. The molecular formula is C11H19N5O2. The Labute approximate surface area is 106 Å². The molecule has 0 spiro atoms. The van der Waals surface area contributed by atoms with E-state index in [1.165, 1.54) is 23.9 Å². The van der Waals surface area contributed by atoms with Gasteiger partial charge in [0.2, 0.25) is 11.9 Å². The van der Waals surface area contributed by atoms with E-state index in [1.54, 1.807) is 0 Å². The summed E-state index contributed by atoms with van der Waals surface area (Å²) < 4.78 is 6.88. The van der Waals surface area contributed by atoms with Gasteiger partial charge in [-0.25, -0.2) is 9.67 Å². The lowest BCUT2D eigenvalue weighted by molar-refractivity contribution is -0.121. The first kappa shape index (κ1) is 12.8. The van der Waals surface area contributed by atoms with Crippen molar-refractivity contribution in [1.82, 2.24) is 20.1 Å². The molecule has 0 atom stereocenters. The van der Waals surface area contributed by atoms with Gasteiger partial charge in [0.15, 0.2) is 0 Å². The summed E-state index contributed by atoms with van der Waals surface area (Å²) in [7, 11) is 0. The van der Waals surface area contributed by atoms with Crippen LogP contribution in [-0.4, -0.2) is 40.4 Å². The smallest absolute Gasteiger partial charge is 0.241 e. The average molecular weight is 253 g/mol. The molecular weight excluding hydrogens is 234 g/mol. The molecule has 1 amide bonds. The summed E-state index contributed by atoms with van der Waals surface area (Å²) >= 11 is 0. The van der Waals surface area contributed by atoms with Crippen molar-refractivity contribution in [3.63, 3.8) is 0 Å². The quantitative estimate of drug-likeness (QED) is 0.625. The van der Waals surface area contributed by atoms with Crippen LogP contribution in [-0.2, 0) is 16.1 Å². The Balaban J connectivity index is 1.48. The Morgan fingerprint density at radius 3 is 3.11 bits per heavy atom. The molecule has 7 nitrogen and oxygen atoms in total. The van der Waals surface area contributed by atoms with Crippen molar-refractivity contribution in [2.45, 2.75) is 25.8 Å². The van der Waals surface area contributed by atoms with Crippen molar-refractivity contribution < 1.29 is 9.53 Å². The van der Waals surface area contributed by atoms with E-state index in [2.05, 4.69) is 15.4 Å². The van der Waals surface area contributed by atoms with Crippen molar-refractivity contribution in [2.24, 2.45) is 5.92 Å². The summed E-state index contributed by atoms with van der Waals surface area (Å²) in [6, 6.07) is 0. The first-order valence-electron chi connectivity index (χ1n) is 6.23. The van der Waals surface area contributed by atoms with E-state index < -0.39 is 0 Å². The Kier molecular flexibility index (Phi) is 4.52. The summed E-state index contributed by atoms with van der Waals surface area (Å²) in [6.45, 7) is 2.33. The molecule has 1 aliphatic carbocycles. The number of nitrogen functional groups attached to an aromatic ring is 1. The van der Waals surface area contributed by atoms with Crippen LogP contribution < -0.4 is 11.1 Å². The van der Waals surface area contributed by atoms with Gasteiger partial charge in [0.25, 0.3) is 0 Å². The van der Waals surface area contributed by atoms with E-state index in [0.717, 1.165) is 18.9 Å². The second kappa shape index (κ2) is 6.34. The topological polar surface area (TPSA) is 95.1 Å². The van der Waals surface area contributed by atoms with Crippen LogP contribution in [0.3, 0.4) is 0 Å². The van der Waals surface area contributed by atoms with E-state index in [0.29, 0.717) is 13.2 Å². The van der Waals surface area contributed by atoms with Crippen LogP contribution in [0, 0.1) is 5.92 Å². The Morgan fingerprint density at radius 2 is 2.44 bits per heavy atom. The first-order valence-corrected chi connectivity index (χ1v) is 6.23. The largest absolute Gasteiger partial charge is 0.381 e. The molecule has 1 saturated carbocycles. The number of nitrogens with two attached hydrogens (primary N) is 1. The number of aromatic nitrogens is 3. The number of nitrogens with one attached hydrogen (secondary N) is 1. The molecule has 1 heterocycles. The summed E-state index contributed by atoms with van der Waals surface area (Å²) in [4.78, 5) is 15.2. The minimum Gasteiger partial charge on any atom is -0.381 e. The second-order valence-electron chi connectivity index (χ2n) is 4.52. The van der Waals surface area contributed by atoms with Crippen molar-refractivity contribution in [2.75, 3.05) is 25.5 Å². The summed E-state index contributed by atoms with van der Waals surface area (Å²) in [5, 5.41) is 6.63. The van der Waals surface area contributed by atoms with Crippen molar-refractivity contribution in [1.29, 1.82) is 0 Å². The Morgan fingerprint density at radius 1 is 1.61 bits per heavy atom. The lowest BCUT2D eigenvalue weighted by Gasteiger charge is -2.05. The predicted octanol–water partition coefficient (Wildman–Crippen LogP) is -0.207. The summed E-state index contributed by atoms with van der Waals surface area (Å²) in [5.41, 5.74) is 5.35. The zero-order valence-electron chi connectivity index (χ0n) is 10.3. The van der Waals surface area contributed by atoms with Crippen LogP contribution in [0.1, 0.15) is 19.3 Å². The van der Waals surface area contributed by atoms with Crippen LogP contribution >= 0.6 is 0 Å². The first-order chi connectivity index (χ1) is 8.74. The molecule has 3 N–H and O–H groups in total. The molecule has 18 heavy (non-hydrogen) atoms. The molecule has 1 aromatic rings. The molecule has 2 rings (SSSR count). The van der Waals surface area contributed by atoms with Gasteiger partial charge in [-0.2, -0.15) is 0 Å². The van der Waals surface area contributed by atoms with Gasteiger partial charge in [-0.3, -0.25) is 4.79 Å². The minimum atomic E-state index is -0.0953. The lowest BCUT2D eigenvalue weighted by atomic mass is 10.4. The standard InChI is InChI=1S/C11H19N5O2/c12-11-14-8-16(15-11)6-10(17)13-4-1-5-18-7-9-2-3-9/h8-9H,1-7H2,(H2,12,15)(H,13,17). The highest BCUT2D eigenvalue weighted by Crippen LogP contribution is 2.28. The SMILES string of the molecule is Nc1ncn(CC(=O)NCCCOCC2CC2)n1. The number of carbonyl (C=O) groups excluding carboxylic acids is 1. The molecule has 7 heteroatoms. The van der Waals surface area contributed by atoms with Crippen molar-refractivity contribution in [3.8, 4) is 0 Å². The molecule has 0 unspecified atom stereocenters. The number of rotatable bonds is 8. The van der Waals surface area contributed by atoms with E-state index in [9.17, 15) is 4.79 Å². The molecule has 1 fully saturated rings. The number of carbonyl (C=O) groups is 1. The number of amides is 1. The number of nitrogens with zero attached hydrogens (tertiary/aromatic N) is 3. The Bertz CT molecular complexity index is 389. The molecule has 0 aromatic carbocycles. The summed E-state index contributed by atoms with van der Waals surface area (Å²) in [6.07, 6.45) is 4.88. The fourth-order valence-electron chi connectivity index (χ4n) is 1.52. The van der Waals surface area contributed by atoms with Crippen LogP contribution in [0.25, 0.3) is 0 Å². The second-order valence-corrected chi connectivity index (χ2v) is 4.52. The maximum Gasteiger partial charge on any atom is 0.241 e. The van der Waals surface area contributed by atoms with E-state index >= 15 is 0 Å². The highest BCUT2D eigenvalue weighted by Gasteiger charge is 2.20.